The molecule has 1 unspecified atom stereocenters. The van der Waals surface area contributed by atoms with Crippen molar-refractivity contribution in [1.82, 2.24) is 10.3 Å². The normalized spacial score (nSPS) is 16.9. The maximum Gasteiger partial charge on any atom is 0.254 e. The van der Waals surface area contributed by atoms with Gasteiger partial charge in [-0.15, -0.1) is 0 Å². The maximum atomic E-state index is 13.5. The molecule has 0 saturated carbocycles. The lowest BCUT2D eigenvalue weighted by molar-refractivity contribution is -0.134. The van der Waals surface area contributed by atoms with Crippen LogP contribution in [0.25, 0.3) is 0 Å². The van der Waals surface area contributed by atoms with Crippen molar-refractivity contribution in [2.24, 2.45) is 0 Å². The molecular weight excluding hydrogens is 283 g/mol. The number of fused-ring (bicyclic) bond motifs is 1. The second-order valence-corrected chi connectivity index (χ2v) is 5.37. The van der Waals surface area contributed by atoms with Gasteiger partial charge in [-0.2, -0.15) is 4.39 Å². The van der Waals surface area contributed by atoms with E-state index in [1.54, 1.807) is 12.1 Å². The smallest absolute Gasteiger partial charge is 0.254 e. The van der Waals surface area contributed by atoms with E-state index < -0.39 is 12.1 Å². The molecule has 114 valence electrons. The Bertz CT molecular complexity index is 703. The van der Waals surface area contributed by atoms with Crippen LogP contribution < -0.4 is 5.32 Å². The molecule has 0 radical (unpaired) electrons. The quantitative estimate of drug-likeness (QED) is 0.886. The average Bonchev–Trinajstić information content (AvgIpc) is 2.53. The Hall–Kier alpha value is -2.27. The van der Waals surface area contributed by atoms with Gasteiger partial charge in [0.15, 0.2) is 6.10 Å². The number of carbonyl (C=O) groups is 1. The zero-order valence-electron chi connectivity index (χ0n) is 12.3. The third-order valence-corrected chi connectivity index (χ3v) is 3.77. The summed E-state index contributed by atoms with van der Waals surface area (Å²) < 4.78 is 19.1. The van der Waals surface area contributed by atoms with Gasteiger partial charge in [0.05, 0.1) is 6.61 Å². The van der Waals surface area contributed by atoms with Crippen LogP contribution in [-0.4, -0.2) is 17.5 Å². The zero-order chi connectivity index (χ0) is 15.5. The summed E-state index contributed by atoms with van der Waals surface area (Å²) in [6.45, 7) is 2.59. The van der Waals surface area contributed by atoms with Crippen LogP contribution in [0.5, 0.6) is 0 Å². The van der Waals surface area contributed by atoms with Gasteiger partial charge in [-0.05, 0) is 30.5 Å². The highest BCUT2D eigenvalue weighted by Gasteiger charge is 2.27. The first-order chi connectivity index (χ1) is 10.6. The Morgan fingerprint density at radius 1 is 1.45 bits per heavy atom. The Labute approximate surface area is 128 Å². The number of hydrogen-bond donors (Lipinski definition) is 1. The van der Waals surface area contributed by atoms with Crippen molar-refractivity contribution in [3.05, 3.63) is 64.7 Å². The minimum absolute atomic E-state index is 0.0967. The van der Waals surface area contributed by atoms with Crippen molar-refractivity contribution in [1.29, 1.82) is 0 Å². The number of nitrogens with zero attached hydrogens (tertiary/aromatic N) is 1. The summed E-state index contributed by atoms with van der Waals surface area (Å²) in [5.41, 5.74) is 3.47. The van der Waals surface area contributed by atoms with Crippen molar-refractivity contribution in [2.75, 3.05) is 6.61 Å². The molecule has 1 aromatic carbocycles. The summed E-state index contributed by atoms with van der Waals surface area (Å²) in [5, 5.41) is 2.73. The predicted octanol–water partition coefficient (Wildman–Crippen LogP) is 2.46. The molecule has 1 atom stereocenters. The lowest BCUT2D eigenvalue weighted by Gasteiger charge is -2.25. The first-order valence-corrected chi connectivity index (χ1v) is 7.23. The SMILES string of the molecule is Cc1ccc2c(c1)C(C(=O)NCc1cccnc1F)OCC2. The van der Waals surface area contributed by atoms with Crippen molar-refractivity contribution in [3.8, 4) is 0 Å². The lowest BCUT2D eigenvalue weighted by Crippen LogP contribution is -2.33. The van der Waals surface area contributed by atoms with Crippen LogP contribution in [-0.2, 0) is 22.5 Å². The average molecular weight is 300 g/mol. The third kappa shape index (κ3) is 2.99. The van der Waals surface area contributed by atoms with Crippen molar-refractivity contribution in [3.63, 3.8) is 0 Å². The Kier molecular flexibility index (Phi) is 4.15. The van der Waals surface area contributed by atoms with Gasteiger partial charge in [0.25, 0.3) is 5.91 Å². The number of aryl methyl sites for hydroxylation is 1. The molecule has 22 heavy (non-hydrogen) atoms. The molecule has 2 aromatic rings. The van der Waals surface area contributed by atoms with Crippen molar-refractivity contribution < 1.29 is 13.9 Å². The molecule has 1 aliphatic heterocycles. The summed E-state index contributed by atoms with van der Waals surface area (Å²) in [7, 11) is 0. The van der Waals surface area contributed by atoms with Crippen molar-refractivity contribution >= 4 is 5.91 Å². The first-order valence-electron chi connectivity index (χ1n) is 7.23. The van der Waals surface area contributed by atoms with E-state index in [-0.39, 0.29) is 12.5 Å². The summed E-state index contributed by atoms with van der Waals surface area (Å²) >= 11 is 0. The second kappa shape index (κ2) is 6.23. The van der Waals surface area contributed by atoms with E-state index >= 15 is 0 Å². The highest BCUT2D eigenvalue weighted by Crippen LogP contribution is 2.28. The van der Waals surface area contributed by atoms with E-state index in [1.165, 1.54) is 6.20 Å². The Morgan fingerprint density at radius 2 is 2.32 bits per heavy atom. The van der Waals surface area contributed by atoms with Gasteiger partial charge in [0, 0.05) is 18.3 Å². The molecule has 3 rings (SSSR count). The van der Waals surface area contributed by atoms with Crippen LogP contribution in [0.15, 0.2) is 36.5 Å². The molecule has 0 saturated heterocycles. The van der Waals surface area contributed by atoms with E-state index in [4.69, 9.17) is 4.74 Å². The maximum absolute atomic E-state index is 13.5. The minimum Gasteiger partial charge on any atom is -0.363 e. The Balaban J connectivity index is 1.74. The molecule has 0 bridgehead atoms. The number of ether oxygens (including phenoxy) is 1. The highest BCUT2D eigenvalue weighted by atomic mass is 19.1. The summed E-state index contributed by atoms with van der Waals surface area (Å²) in [5.74, 6) is -0.821. The van der Waals surface area contributed by atoms with Gasteiger partial charge in [-0.1, -0.05) is 29.8 Å². The van der Waals surface area contributed by atoms with E-state index in [0.717, 1.165) is 23.1 Å². The summed E-state index contributed by atoms with van der Waals surface area (Å²) in [4.78, 5) is 15.9. The van der Waals surface area contributed by atoms with Crippen LogP contribution in [0.2, 0.25) is 0 Å². The van der Waals surface area contributed by atoms with Crippen LogP contribution in [0, 0.1) is 12.9 Å². The van der Waals surface area contributed by atoms with Crippen LogP contribution in [0.1, 0.15) is 28.4 Å². The summed E-state index contributed by atoms with van der Waals surface area (Å²) in [6.07, 6.45) is 1.55. The van der Waals surface area contributed by atoms with Gasteiger partial charge in [0.1, 0.15) is 0 Å². The standard InChI is InChI=1S/C17H17FN2O2/c1-11-4-5-12-6-8-22-15(14(12)9-11)17(21)20-10-13-3-2-7-19-16(13)18/h2-5,7,9,15H,6,8,10H2,1H3,(H,20,21). The van der Waals surface area contributed by atoms with E-state index in [9.17, 15) is 9.18 Å². The largest absolute Gasteiger partial charge is 0.363 e. The number of rotatable bonds is 3. The predicted molar refractivity (Wildman–Crippen MR) is 79.6 cm³/mol. The first kappa shape index (κ1) is 14.7. The van der Waals surface area contributed by atoms with Gasteiger partial charge >= 0.3 is 0 Å². The minimum atomic E-state index is -0.636. The fourth-order valence-electron chi connectivity index (χ4n) is 2.61. The number of carbonyl (C=O) groups excluding carboxylic acids is 1. The number of aromatic nitrogens is 1. The summed E-state index contributed by atoms with van der Waals surface area (Å²) in [6, 6.07) is 9.28. The molecular formula is C17H17FN2O2. The van der Waals surface area contributed by atoms with Gasteiger partial charge in [-0.25, -0.2) is 4.98 Å². The number of halogens is 1. The molecule has 0 aliphatic carbocycles. The van der Waals surface area contributed by atoms with Crippen LogP contribution >= 0.6 is 0 Å². The molecule has 2 heterocycles. The molecule has 5 heteroatoms. The van der Waals surface area contributed by atoms with Gasteiger partial charge < -0.3 is 10.1 Å². The number of pyridine rings is 1. The fraction of sp³-hybridized carbons (Fsp3) is 0.294. The van der Waals surface area contributed by atoms with Crippen LogP contribution in [0.4, 0.5) is 4.39 Å². The molecule has 0 spiro atoms. The number of benzene rings is 1. The van der Waals surface area contributed by atoms with Gasteiger partial charge in [0.2, 0.25) is 5.95 Å². The van der Waals surface area contributed by atoms with Crippen LogP contribution in [0.3, 0.4) is 0 Å². The molecule has 1 aliphatic rings. The van der Waals surface area contributed by atoms with E-state index in [1.807, 2.05) is 25.1 Å². The number of hydrogen-bond acceptors (Lipinski definition) is 3. The van der Waals surface area contributed by atoms with E-state index in [0.29, 0.717) is 12.2 Å². The third-order valence-electron chi connectivity index (χ3n) is 3.77. The van der Waals surface area contributed by atoms with E-state index in [2.05, 4.69) is 10.3 Å². The lowest BCUT2D eigenvalue weighted by atomic mass is 9.95. The fourth-order valence-corrected chi connectivity index (χ4v) is 2.61. The topological polar surface area (TPSA) is 51.2 Å². The van der Waals surface area contributed by atoms with Gasteiger partial charge in [-0.3, -0.25) is 4.79 Å². The molecule has 1 N–H and O–H groups in total. The monoisotopic (exact) mass is 300 g/mol. The molecule has 4 nitrogen and oxygen atoms in total. The number of nitrogens with one attached hydrogen (secondary N) is 1. The molecule has 1 aromatic heterocycles. The highest BCUT2D eigenvalue weighted by molar-refractivity contribution is 5.83. The Morgan fingerprint density at radius 3 is 3.14 bits per heavy atom. The molecule has 0 fully saturated rings. The van der Waals surface area contributed by atoms with Crippen molar-refractivity contribution in [2.45, 2.75) is 26.0 Å². The second-order valence-electron chi connectivity index (χ2n) is 5.37. The molecule has 1 amide bonds. The zero-order valence-corrected chi connectivity index (χ0v) is 12.3. The number of amides is 1.